The van der Waals surface area contributed by atoms with E-state index in [0.717, 1.165) is 11.8 Å². The highest BCUT2D eigenvalue weighted by molar-refractivity contribution is 6.17. The van der Waals surface area contributed by atoms with E-state index in [1.54, 1.807) is 19.2 Å². The number of alkyl halides is 1. The van der Waals surface area contributed by atoms with E-state index in [9.17, 15) is 4.79 Å². The molecule has 66 valence electrons. The van der Waals surface area contributed by atoms with Gasteiger partial charge in [0.2, 0.25) is 0 Å². The summed E-state index contributed by atoms with van der Waals surface area (Å²) in [4.78, 5) is 10.0. The minimum absolute atomic E-state index is 0.292. The zero-order chi connectivity index (χ0) is 9.23. The van der Waals surface area contributed by atoms with Gasteiger partial charge in [0.05, 0.1) is 0 Å². The van der Waals surface area contributed by atoms with Crippen molar-refractivity contribution in [3.05, 3.63) is 35.9 Å². The predicted octanol–water partition coefficient (Wildman–Crippen LogP) is 2.33. The minimum atomic E-state index is 0.292. The van der Waals surface area contributed by atoms with Crippen LogP contribution in [-0.2, 0) is 4.74 Å². The van der Waals surface area contributed by atoms with Gasteiger partial charge < -0.3 is 4.74 Å². The largest absolute Gasteiger partial charge is 0.369 e. The molecule has 0 spiro atoms. The van der Waals surface area contributed by atoms with Crippen molar-refractivity contribution in [2.75, 3.05) is 13.2 Å². The highest BCUT2D eigenvalue weighted by Crippen LogP contribution is 1.91. The Hall–Kier alpha value is -0.860. The van der Waals surface area contributed by atoms with Crippen LogP contribution in [0.5, 0.6) is 0 Å². The average molecular weight is 187 g/mol. The number of halogens is 1. The van der Waals surface area contributed by atoms with Crippen LogP contribution in [0.4, 0.5) is 0 Å². The van der Waals surface area contributed by atoms with E-state index in [1.807, 2.05) is 18.2 Å². The molecule has 0 aliphatic heterocycles. The molecule has 0 amide bonds. The molecule has 0 heterocycles. The summed E-state index contributed by atoms with van der Waals surface area (Å²) in [7, 11) is 1.55. The summed E-state index contributed by atoms with van der Waals surface area (Å²) in [6.45, 7) is 0. The number of carbonyl (C=O) groups excluding carboxylic acids is 1. The third kappa shape index (κ3) is 5.89. The summed E-state index contributed by atoms with van der Waals surface area (Å²) in [6, 6.07) is 9.39. The van der Waals surface area contributed by atoms with E-state index in [4.69, 9.17) is 11.6 Å². The van der Waals surface area contributed by atoms with Crippen LogP contribution in [0.1, 0.15) is 10.4 Å². The van der Waals surface area contributed by atoms with Crippen LogP contribution in [-0.4, -0.2) is 19.5 Å². The number of methoxy groups -OCH3 is 1. The number of hydrogen-bond acceptors (Lipinski definition) is 2. The molecule has 0 N–H and O–H groups in total. The molecule has 12 heavy (non-hydrogen) atoms. The van der Waals surface area contributed by atoms with Gasteiger partial charge in [0.1, 0.15) is 12.4 Å². The molecular formula is C9H11ClO2. The van der Waals surface area contributed by atoms with Crippen LogP contribution in [0, 0.1) is 0 Å². The van der Waals surface area contributed by atoms with Crippen molar-refractivity contribution in [1.29, 1.82) is 0 Å². The molecule has 3 heteroatoms. The summed E-state index contributed by atoms with van der Waals surface area (Å²) in [5, 5.41) is 0. The molecule has 1 aromatic carbocycles. The maximum atomic E-state index is 10.0. The average Bonchev–Trinajstić information content (AvgIpc) is 2.19. The van der Waals surface area contributed by atoms with E-state index in [1.165, 1.54) is 0 Å². The maximum absolute atomic E-state index is 10.0. The molecule has 0 aliphatic carbocycles. The molecule has 0 saturated heterocycles. The van der Waals surface area contributed by atoms with Crippen LogP contribution < -0.4 is 0 Å². The summed E-state index contributed by atoms with van der Waals surface area (Å²) in [5.41, 5.74) is 0.729. The maximum Gasteiger partial charge on any atom is 0.150 e. The van der Waals surface area contributed by atoms with Gasteiger partial charge in [-0.05, 0) is 0 Å². The number of ether oxygens (including phenoxy) is 1. The second-order valence-corrected chi connectivity index (χ2v) is 2.14. The number of benzene rings is 1. The van der Waals surface area contributed by atoms with Crippen LogP contribution in [0.15, 0.2) is 30.3 Å². The predicted molar refractivity (Wildman–Crippen MR) is 49.6 cm³/mol. The molecule has 0 saturated carbocycles. The molecule has 2 nitrogen and oxygen atoms in total. The molecule has 0 unspecified atom stereocenters. The first-order valence-corrected chi connectivity index (χ1v) is 3.93. The lowest BCUT2D eigenvalue weighted by Gasteiger charge is -1.81. The van der Waals surface area contributed by atoms with E-state index >= 15 is 0 Å². The number of aldehydes is 1. The van der Waals surface area contributed by atoms with E-state index in [2.05, 4.69) is 4.74 Å². The summed E-state index contributed by atoms with van der Waals surface area (Å²) < 4.78 is 4.31. The van der Waals surface area contributed by atoms with Gasteiger partial charge in [0.15, 0.2) is 0 Å². The molecule has 0 atom stereocenters. The van der Waals surface area contributed by atoms with Gasteiger partial charge in [-0.15, -0.1) is 0 Å². The van der Waals surface area contributed by atoms with E-state index in [-0.39, 0.29) is 0 Å². The zero-order valence-electron chi connectivity index (χ0n) is 6.87. The second-order valence-electron chi connectivity index (χ2n) is 1.93. The summed E-state index contributed by atoms with van der Waals surface area (Å²) >= 11 is 4.96. The molecule has 0 bridgehead atoms. The second kappa shape index (κ2) is 8.24. The van der Waals surface area contributed by atoms with Gasteiger partial charge in [0.25, 0.3) is 0 Å². The Morgan fingerprint density at radius 1 is 1.42 bits per heavy atom. The lowest BCUT2D eigenvalue weighted by Crippen LogP contribution is -1.73. The third-order valence-corrected chi connectivity index (χ3v) is 1.26. The highest BCUT2D eigenvalue weighted by atomic mass is 35.5. The fourth-order valence-electron chi connectivity index (χ4n) is 0.532. The molecule has 1 rings (SSSR count). The SMILES string of the molecule is COCCl.O=Cc1ccccc1. The zero-order valence-corrected chi connectivity index (χ0v) is 7.62. The molecule has 0 fully saturated rings. The fourth-order valence-corrected chi connectivity index (χ4v) is 0.532. The Labute approximate surface area is 77.1 Å². The summed E-state index contributed by atoms with van der Waals surface area (Å²) in [6.07, 6.45) is 0.833. The highest BCUT2D eigenvalue weighted by Gasteiger charge is 1.79. The van der Waals surface area contributed by atoms with Gasteiger partial charge in [0, 0.05) is 12.7 Å². The molecule has 0 aliphatic rings. The Morgan fingerprint density at radius 3 is 2.17 bits per heavy atom. The van der Waals surface area contributed by atoms with Gasteiger partial charge in [-0.25, -0.2) is 0 Å². The normalized spacial score (nSPS) is 8.17. The topological polar surface area (TPSA) is 26.3 Å². The smallest absolute Gasteiger partial charge is 0.150 e. The minimum Gasteiger partial charge on any atom is -0.369 e. The van der Waals surface area contributed by atoms with E-state index < -0.39 is 0 Å². The molecular weight excluding hydrogens is 176 g/mol. The first-order chi connectivity index (χ1) is 5.85. The van der Waals surface area contributed by atoms with Gasteiger partial charge in [-0.2, -0.15) is 0 Å². The quantitative estimate of drug-likeness (QED) is 0.524. The fraction of sp³-hybridized carbons (Fsp3) is 0.222. The van der Waals surface area contributed by atoms with Crippen LogP contribution in [0.25, 0.3) is 0 Å². The number of rotatable bonds is 2. The lowest BCUT2D eigenvalue weighted by atomic mass is 10.2. The number of carbonyl (C=O) groups is 1. The van der Waals surface area contributed by atoms with E-state index in [0.29, 0.717) is 6.07 Å². The Kier molecular flexibility index (Phi) is 7.65. The summed E-state index contributed by atoms with van der Waals surface area (Å²) in [5.74, 6) is 0. The molecule has 0 aromatic heterocycles. The Bertz CT molecular complexity index is 197. The first-order valence-electron chi connectivity index (χ1n) is 3.40. The Morgan fingerprint density at radius 2 is 1.92 bits per heavy atom. The van der Waals surface area contributed by atoms with Crippen LogP contribution >= 0.6 is 11.6 Å². The van der Waals surface area contributed by atoms with Crippen molar-refractivity contribution in [3.63, 3.8) is 0 Å². The van der Waals surface area contributed by atoms with Gasteiger partial charge >= 0.3 is 0 Å². The van der Waals surface area contributed by atoms with Crippen molar-refractivity contribution >= 4 is 17.9 Å². The molecule has 0 radical (unpaired) electrons. The van der Waals surface area contributed by atoms with Crippen molar-refractivity contribution in [1.82, 2.24) is 0 Å². The van der Waals surface area contributed by atoms with Gasteiger partial charge in [-0.3, -0.25) is 4.79 Å². The first kappa shape index (κ1) is 11.1. The van der Waals surface area contributed by atoms with Crippen LogP contribution in [0.3, 0.4) is 0 Å². The Balaban J connectivity index is 0.000000261. The van der Waals surface area contributed by atoms with Crippen molar-refractivity contribution in [2.24, 2.45) is 0 Å². The van der Waals surface area contributed by atoms with Crippen molar-refractivity contribution in [2.45, 2.75) is 0 Å². The lowest BCUT2D eigenvalue weighted by molar-refractivity contribution is 0.112. The third-order valence-electron chi connectivity index (χ3n) is 1.04. The van der Waals surface area contributed by atoms with Gasteiger partial charge in [-0.1, -0.05) is 41.9 Å². The van der Waals surface area contributed by atoms with Crippen molar-refractivity contribution < 1.29 is 9.53 Å². The standard InChI is InChI=1S/C7H6O.C2H5ClO/c8-6-7-4-2-1-3-5-7;1-4-2-3/h1-6H;2H2,1H3. The number of hydrogen-bond donors (Lipinski definition) is 0. The van der Waals surface area contributed by atoms with Crippen molar-refractivity contribution in [3.8, 4) is 0 Å². The molecule has 1 aromatic rings. The van der Waals surface area contributed by atoms with Crippen LogP contribution in [0.2, 0.25) is 0 Å². The monoisotopic (exact) mass is 186 g/mol.